The van der Waals surface area contributed by atoms with Crippen LogP contribution in [0.3, 0.4) is 0 Å². The average molecular weight is 207 g/mol. The van der Waals surface area contributed by atoms with Gasteiger partial charge in [0, 0.05) is 5.69 Å². The number of hydrogen-bond acceptors (Lipinski definition) is 1. The molecular weight excluding hydrogens is 194 g/mol. The molecule has 0 radical (unpaired) electrons. The van der Waals surface area contributed by atoms with Crippen LogP contribution in [0.4, 0.5) is 5.69 Å². The van der Waals surface area contributed by atoms with E-state index in [4.69, 9.17) is 6.42 Å². The molecule has 1 atom stereocenters. The Balaban J connectivity index is 2.17. The van der Waals surface area contributed by atoms with E-state index in [1.54, 1.807) is 0 Å². The van der Waals surface area contributed by atoms with Crippen LogP contribution in [-0.4, -0.2) is 0 Å². The molecule has 1 nitrogen and oxygen atoms in total. The highest BCUT2D eigenvalue weighted by molar-refractivity contribution is 5.47. The molecule has 1 unspecified atom stereocenters. The average Bonchev–Trinajstić information content (AvgIpc) is 2.38. The van der Waals surface area contributed by atoms with Gasteiger partial charge < -0.3 is 5.32 Å². The second-order valence-corrected chi connectivity index (χ2v) is 3.52. The van der Waals surface area contributed by atoms with Crippen molar-refractivity contribution in [1.82, 2.24) is 0 Å². The highest BCUT2D eigenvalue weighted by Gasteiger charge is 2.06. The van der Waals surface area contributed by atoms with Crippen molar-refractivity contribution in [3.8, 4) is 12.3 Å². The van der Waals surface area contributed by atoms with Crippen molar-refractivity contribution >= 4 is 5.69 Å². The Hall–Kier alpha value is -2.20. The first-order valence-corrected chi connectivity index (χ1v) is 5.23. The van der Waals surface area contributed by atoms with E-state index in [0.717, 1.165) is 11.3 Å². The fraction of sp³-hybridized carbons (Fsp3) is 0.0667. The molecule has 0 aromatic heterocycles. The first-order chi connectivity index (χ1) is 7.90. The van der Waals surface area contributed by atoms with Crippen molar-refractivity contribution in [3.63, 3.8) is 0 Å². The molecule has 0 saturated heterocycles. The van der Waals surface area contributed by atoms with Gasteiger partial charge in [0.15, 0.2) is 0 Å². The first kappa shape index (κ1) is 10.3. The second kappa shape index (κ2) is 5.04. The number of anilines is 1. The summed E-state index contributed by atoms with van der Waals surface area (Å²) in [6, 6.07) is 19.9. The van der Waals surface area contributed by atoms with E-state index in [1.165, 1.54) is 0 Å². The fourth-order valence-corrected chi connectivity index (χ4v) is 1.57. The molecule has 0 aliphatic heterocycles. The first-order valence-electron chi connectivity index (χ1n) is 5.23. The van der Waals surface area contributed by atoms with Gasteiger partial charge in [0.1, 0.15) is 6.04 Å². The van der Waals surface area contributed by atoms with Crippen molar-refractivity contribution in [2.75, 3.05) is 5.32 Å². The summed E-state index contributed by atoms with van der Waals surface area (Å²) in [5.74, 6) is 2.76. The summed E-state index contributed by atoms with van der Waals surface area (Å²) in [7, 11) is 0. The Morgan fingerprint density at radius 1 is 0.875 bits per heavy atom. The van der Waals surface area contributed by atoms with E-state index in [0.29, 0.717) is 0 Å². The third kappa shape index (κ3) is 2.43. The molecule has 0 aliphatic carbocycles. The Morgan fingerprint density at radius 2 is 1.44 bits per heavy atom. The van der Waals surface area contributed by atoms with Gasteiger partial charge in [0.25, 0.3) is 0 Å². The zero-order valence-electron chi connectivity index (χ0n) is 8.93. The predicted molar refractivity (Wildman–Crippen MR) is 68.1 cm³/mol. The SMILES string of the molecule is C#CC(Nc1ccccc1)c1ccccc1. The summed E-state index contributed by atoms with van der Waals surface area (Å²) < 4.78 is 0. The van der Waals surface area contributed by atoms with Gasteiger partial charge in [-0.2, -0.15) is 0 Å². The number of terminal acetylenes is 1. The number of benzene rings is 2. The van der Waals surface area contributed by atoms with E-state index < -0.39 is 0 Å². The largest absolute Gasteiger partial charge is 0.368 e. The lowest BCUT2D eigenvalue weighted by atomic mass is 10.1. The normalized spacial score (nSPS) is 11.4. The third-order valence-corrected chi connectivity index (χ3v) is 2.38. The maximum absolute atomic E-state index is 5.54. The highest BCUT2D eigenvalue weighted by Crippen LogP contribution is 2.18. The molecule has 0 heterocycles. The fourth-order valence-electron chi connectivity index (χ4n) is 1.57. The Kier molecular flexibility index (Phi) is 3.25. The molecule has 1 N–H and O–H groups in total. The molecule has 2 aromatic rings. The molecule has 16 heavy (non-hydrogen) atoms. The van der Waals surface area contributed by atoms with Gasteiger partial charge in [-0.25, -0.2) is 0 Å². The highest BCUT2D eigenvalue weighted by atomic mass is 14.9. The van der Waals surface area contributed by atoms with Crippen LogP contribution in [0.15, 0.2) is 60.7 Å². The minimum absolute atomic E-state index is 0.0800. The van der Waals surface area contributed by atoms with Crippen LogP contribution in [0, 0.1) is 12.3 Å². The van der Waals surface area contributed by atoms with Crippen molar-refractivity contribution in [2.45, 2.75) is 6.04 Å². The second-order valence-electron chi connectivity index (χ2n) is 3.52. The Bertz CT molecular complexity index is 468. The molecular formula is C15H13N. The van der Waals surface area contributed by atoms with Gasteiger partial charge in [-0.3, -0.25) is 0 Å². The lowest BCUT2D eigenvalue weighted by Gasteiger charge is -2.14. The van der Waals surface area contributed by atoms with Crippen LogP contribution in [-0.2, 0) is 0 Å². The molecule has 1 heteroatoms. The van der Waals surface area contributed by atoms with Crippen LogP contribution in [0.25, 0.3) is 0 Å². The lowest BCUT2D eigenvalue weighted by Crippen LogP contribution is -2.07. The van der Waals surface area contributed by atoms with E-state index in [2.05, 4.69) is 11.2 Å². The standard InChI is InChI=1S/C15H13N/c1-2-15(13-9-5-3-6-10-13)16-14-11-7-4-8-12-14/h1,3-12,15-16H. The van der Waals surface area contributed by atoms with Crippen molar-refractivity contribution < 1.29 is 0 Å². The molecule has 78 valence electrons. The van der Waals surface area contributed by atoms with Crippen molar-refractivity contribution in [1.29, 1.82) is 0 Å². The van der Waals surface area contributed by atoms with Gasteiger partial charge in [-0.05, 0) is 17.7 Å². The molecule has 0 fully saturated rings. The Labute approximate surface area is 96.1 Å². The van der Waals surface area contributed by atoms with E-state index in [9.17, 15) is 0 Å². The smallest absolute Gasteiger partial charge is 0.113 e. The summed E-state index contributed by atoms with van der Waals surface area (Å²) in [5.41, 5.74) is 2.14. The maximum atomic E-state index is 5.54. The van der Waals surface area contributed by atoms with Gasteiger partial charge >= 0.3 is 0 Å². The molecule has 2 aromatic carbocycles. The monoisotopic (exact) mass is 207 g/mol. The summed E-state index contributed by atoms with van der Waals surface area (Å²) in [6.45, 7) is 0. The quantitative estimate of drug-likeness (QED) is 0.760. The maximum Gasteiger partial charge on any atom is 0.113 e. The van der Waals surface area contributed by atoms with Gasteiger partial charge in [0.05, 0.1) is 0 Å². The lowest BCUT2D eigenvalue weighted by molar-refractivity contribution is 1.02. The van der Waals surface area contributed by atoms with Gasteiger partial charge in [-0.15, -0.1) is 6.42 Å². The van der Waals surface area contributed by atoms with Crippen LogP contribution in [0.2, 0.25) is 0 Å². The van der Waals surface area contributed by atoms with Gasteiger partial charge in [-0.1, -0.05) is 54.5 Å². The number of nitrogens with one attached hydrogen (secondary N) is 1. The van der Waals surface area contributed by atoms with Crippen molar-refractivity contribution in [2.24, 2.45) is 0 Å². The van der Waals surface area contributed by atoms with Gasteiger partial charge in [0.2, 0.25) is 0 Å². The number of rotatable bonds is 3. The van der Waals surface area contributed by atoms with Crippen LogP contribution in [0.1, 0.15) is 11.6 Å². The summed E-state index contributed by atoms with van der Waals surface area (Å²) in [6.07, 6.45) is 5.54. The van der Waals surface area contributed by atoms with Crippen LogP contribution in [0.5, 0.6) is 0 Å². The summed E-state index contributed by atoms with van der Waals surface area (Å²) >= 11 is 0. The molecule has 0 aliphatic rings. The molecule has 2 rings (SSSR count). The van der Waals surface area contributed by atoms with E-state index in [1.807, 2.05) is 60.7 Å². The molecule has 0 amide bonds. The van der Waals surface area contributed by atoms with Crippen LogP contribution < -0.4 is 5.32 Å². The third-order valence-electron chi connectivity index (χ3n) is 2.38. The van der Waals surface area contributed by atoms with Crippen LogP contribution >= 0.6 is 0 Å². The zero-order valence-corrected chi connectivity index (χ0v) is 8.93. The van der Waals surface area contributed by atoms with E-state index >= 15 is 0 Å². The topological polar surface area (TPSA) is 12.0 Å². The minimum Gasteiger partial charge on any atom is -0.368 e. The summed E-state index contributed by atoms with van der Waals surface area (Å²) in [4.78, 5) is 0. The number of hydrogen-bond donors (Lipinski definition) is 1. The Morgan fingerprint density at radius 3 is 2.00 bits per heavy atom. The van der Waals surface area contributed by atoms with Crippen molar-refractivity contribution in [3.05, 3.63) is 66.2 Å². The predicted octanol–water partition coefficient (Wildman–Crippen LogP) is 3.47. The molecule has 0 spiro atoms. The number of para-hydroxylation sites is 1. The zero-order chi connectivity index (χ0) is 11.2. The molecule has 0 bridgehead atoms. The molecule has 0 saturated carbocycles. The minimum atomic E-state index is -0.0800. The van der Waals surface area contributed by atoms with E-state index in [-0.39, 0.29) is 6.04 Å². The summed E-state index contributed by atoms with van der Waals surface area (Å²) in [5, 5.41) is 3.31.